The van der Waals surface area contributed by atoms with Gasteiger partial charge < -0.3 is 15.2 Å². The van der Waals surface area contributed by atoms with Gasteiger partial charge in [-0.2, -0.15) is 0 Å². The maximum absolute atomic E-state index is 12.4. The van der Waals surface area contributed by atoms with Crippen molar-refractivity contribution in [1.82, 2.24) is 15.2 Å². The number of aromatic nitrogens is 1. The predicted molar refractivity (Wildman–Crippen MR) is 80.8 cm³/mol. The van der Waals surface area contributed by atoms with E-state index in [2.05, 4.69) is 35.4 Å². The van der Waals surface area contributed by atoms with Crippen LogP contribution in [-0.2, 0) is 11.2 Å². The number of carbonyl (C=O) groups is 1. The number of para-hydroxylation sites is 1. The van der Waals surface area contributed by atoms with Gasteiger partial charge >= 0.3 is 0 Å². The molecule has 0 bridgehead atoms. The normalized spacial score (nSPS) is 16.4. The molecule has 0 saturated carbocycles. The number of amides is 1. The molecule has 4 heteroatoms. The van der Waals surface area contributed by atoms with Gasteiger partial charge in [-0.15, -0.1) is 0 Å². The van der Waals surface area contributed by atoms with Gasteiger partial charge in [-0.05, 0) is 31.0 Å². The second-order valence-corrected chi connectivity index (χ2v) is 5.47. The van der Waals surface area contributed by atoms with Crippen molar-refractivity contribution in [2.75, 3.05) is 26.2 Å². The van der Waals surface area contributed by atoms with Gasteiger partial charge in [0.1, 0.15) is 0 Å². The summed E-state index contributed by atoms with van der Waals surface area (Å²) in [6.07, 6.45) is 3.51. The molecular formula is C16H21N3O. The van der Waals surface area contributed by atoms with Crippen molar-refractivity contribution in [3.8, 4) is 0 Å². The van der Waals surface area contributed by atoms with Gasteiger partial charge in [0.15, 0.2) is 0 Å². The van der Waals surface area contributed by atoms with E-state index in [4.69, 9.17) is 0 Å². The molecule has 3 rings (SSSR count). The highest BCUT2D eigenvalue weighted by atomic mass is 16.2. The van der Waals surface area contributed by atoms with Gasteiger partial charge in [-0.25, -0.2) is 0 Å². The summed E-state index contributed by atoms with van der Waals surface area (Å²) in [5, 5.41) is 4.50. The second kappa shape index (κ2) is 5.67. The first-order valence-corrected chi connectivity index (χ1v) is 7.30. The third-order valence-corrected chi connectivity index (χ3v) is 4.04. The quantitative estimate of drug-likeness (QED) is 0.875. The first-order chi connectivity index (χ1) is 9.75. The molecule has 20 heavy (non-hydrogen) atoms. The Morgan fingerprint density at radius 1 is 1.30 bits per heavy atom. The molecule has 1 aliphatic rings. The molecule has 4 nitrogen and oxygen atoms in total. The third-order valence-electron chi connectivity index (χ3n) is 4.04. The molecule has 1 amide bonds. The Hall–Kier alpha value is -1.81. The summed E-state index contributed by atoms with van der Waals surface area (Å²) >= 11 is 0. The van der Waals surface area contributed by atoms with Crippen molar-refractivity contribution >= 4 is 16.8 Å². The maximum Gasteiger partial charge on any atom is 0.227 e. The highest BCUT2D eigenvalue weighted by Gasteiger charge is 2.17. The lowest BCUT2D eigenvalue weighted by atomic mass is 10.1. The lowest BCUT2D eigenvalue weighted by Gasteiger charge is -2.19. The van der Waals surface area contributed by atoms with E-state index in [1.54, 1.807) is 0 Å². The van der Waals surface area contributed by atoms with Crippen molar-refractivity contribution in [1.29, 1.82) is 0 Å². The first kappa shape index (κ1) is 13.2. The van der Waals surface area contributed by atoms with Crippen molar-refractivity contribution in [3.63, 3.8) is 0 Å². The molecule has 0 aliphatic carbocycles. The Morgan fingerprint density at radius 2 is 2.20 bits per heavy atom. The van der Waals surface area contributed by atoms with Gasteiger partial charge in [-0.1, -0.05) is 18.2 Å². The van der Waals surface area contributed by atoms with E-state index in [-0.39, 0.29) is 5.91 Å². The smallest absolute Gasteiger partial charge is 0.227 e. The number of hydrogen-bond acceptors (Lipinski definition) is 2. The van der Waals surface area contributed by atoms with Crippen LogP contribution in [-0.4, -0.2) is 42.0 Å². The molecule has 0 atom stereocenters. The highest BCUT2D eigenvalue weighted by molar-refractivity contribution is 5.90. The fourth-order valence-electron chi connectivity index (χ4n) is 2.88. The first-order valence-electron chi connectivity index (χ1n) is 7.30. The number of carbonyl (C=O) groups excluding carboxylic acids is 1. The number of rotatable bonds is 2. The van der Waals surface area contributed by atoms with Crippen LogP contribution in [0.5, 0.6) is 0 Å². The number of nitrogens with zero attached hydrogens (tertiary/aromatic N) is 1. The zero-order valence-corrected chi connectivity index (χ0v) is 11.9. The minimum atomic E-state index is 0.233. The summed E-state index contributed by atoms with van der Waals surface area (Å²) in [6.45, 7) is 5.69. The number of benzene rings is 1. The van der Waals surface area contributed by atoms with Gasteiger partial charge in [0.2, 0.25) is 5.91 Å². The van der Waals surface area contributed by atoms with Crippen LogP contribution >= 0.6 is 0 Å². The van der Waals surface area contributed by atoms with E-state index in [0.717, 1.165) is 43.7 Å². The van der Waals surface area contributed by atoms with Crippen molar-refractivity contribution < 1.29 is 4.79 Å². The summed E-state index contributed by atoms with van der Waals surface area (Å²) in [4.78, 5) is 17.7. The molecule has 2 N–H and O–H groups in total. The molecule has 1 saturated heterocycles. The average Bonchev–Trinajstić information content (AvgIpc) is 2.69. The lowest BCUT2D eigenvalue weighted by molar-refractivity contribution is -0.130. The fourth-order valence-corrected chi connectivity index (χ4v) is 2.88. The van der Waals surface area contributed by atoms with E-state index < -0.39 is 0 Å². The Bertz CT molecular complexity index is 609. The number of aryl methyl sites for hydroxylation is 1. The third kappa shape index (κ3) is 2.56. The average molecular weight is 271 g/mol. The van der Waals surface area contributed by atoms with Gasteiger partial charge in [0.25, 0.3) is 0 Å². The Kier molecular flexibility index (Phi) is 3.74. The molecule has 1 aromatic carbocycles. The molecular weight excluding hydrogens is 250 g/mol. The Morgan fingerprint density at radius 3 is 3.10 bits per heavy atom. The largest absolute Gasteiger partial charge is 0.361 e. The molecule has 106 valence electrons. The Labute approximate surface area is 119 Å². The lowest BCUT2D eigenvalue weighted by Crippen LogP contribution is -2.35. The minimum absolute atomic E-state index is 0.233. The minimum Gasteiger partial charge on any atom is -0.361 e. The van der Waals surface area contributed by atoms with Crippen LogP contribution in [0.4, 0.5) is 0 Å². The second-order valence-electron chi connectivity index (χ2n) is 5.47. The zero-order chi connectivity index (χ0) is 13.9. The van der Waals surface area contributed by atoms with E-state index in [1.165, 1.54) is 10.9 Å². The van der Waals surface area contributed by atoms with Crippen molar-refractivity contribution in [2.24, 2.45) is 0 Å². The summed E-state index contributed by atoms with van der Waals surface area (Å²) < 4.78 is 0. The maximum atomic E-state index is 12.4. The van der Waals surface area contributed by atoms with E-state index >= 15 is 0 Å². The van der Waals surface area contributed by atoms with Crippen molar-refractivity contribution in [2.45, 2.75) is 19.8 Å². The number of hydrogen-bond donors (Lipinski definition) is 2. The monoisotopic (exact) mass is 271 g/mol. The van der Waals surface area contributed by atoms with E-state index in [0.29, 0.717) is 6.42 Å². The predicted octanol–water partition coefficient (Wildman–Crippen LogP) is 1.84. The molecule has 1 aromatic heterocycles. The number of aromatic amines is 1. The molecule has 0 unspecified atom stereocenters. The van der Waals surface area contributed by atoms with Crippen LogP contribution in [0.2, 0.25) is 0 Å². The van der Waals surface area contributed by atoms with E-state index in [1.807, 2.05) is 11.1 Å². The number of nitrogens with one attached hydrogen (secondary N) is 2. The van der Waals surface area contributed by atoms with Crippen LogP contribution in [0, 0.1) is 6.92 Å². The Balaban J connectivity index is 1.78. The van der Waals surface area contributed by atoms with Gasteiger partial charge in [-0.3, -0.25) is 4.79 Å². The van der Waals surface area contributed by atoms with Gasteiger partial charge in [0.05, 0.1) is 6.42 Å². The zero-order valence-electron chi connectivity index (χ0n) is 11.9. The fraction of sp³-hybridized carbons (Fsp3) is 0.438. The summed E-state index contributed by atoms with van der Waals surface area (Å²) in [6, 6.07) is 6.23. The summed E-state index contributed by atoms with van der Waals surface area (Å²) in [7, 11) is 0. The van der Waals surface area contributed by atoms with E-state index in [9.17, 15) is 4.79 Å². The topological polar surface area (TPSA) is 48.1 Å². The molecule has 2 aromatic rings. The molecule has 0 radical (unpaired) electrons. The summed E-state index contributed by atoms with van der Waals surface area (Å²) in [5.41, 5.74) is 3.47. The summed E-state index contributed by atoms with van der Waals surface area (Å²) in [5.74, 6) is 0.233. The SMILES string of the molecule is Cc1cccc2c(CC(=O)N3CCCNCC3)c[nH]c12. The van der Waals surface area contributed by atoms with Crippen LogP contribution < -0.4 is 5.32 Å². The molecule has 2 heterocycles. The van der Waals surface area contributed by atoms with Gasteiger partial charge in [0, 0.05) is 36.7 Å². The van der Waals surface area contributed by atoms with Crippen LogP contribution in [0.3, 0.4) is 0 Å². The molecule has 1 fully saturated rings. The standard InChI is InChI=1S/C16H21N3O/c1-12-4-2-5-14-13(11-18-16(12)14)10-15(20)19-8-3-6-17-7-9-19/h2,4-5,11,17-18H,3,6-10H2,1H3. The van der Waals surface area contributed by atoms with Crippen LogP contribution in [0.15, 0.2) is 24.4 Å². The van der Waals surface area contributed by atoms with Crippen LogP contribution in [0.25, 0.3) is 10.9 Å². The number of fused-ring (bicyclic) bond motifs is 1. The van der Waals surface area contributed by atoms with Crippen molar-refractivity contribution in [3.05, 3.63) is 35.5 Å². The highest BCUT2D eigenvalue weighted by Crippen LogP contribution is 2.22. The van der Waals surface area contributed by atoms with Crippen LogP contribution in [0.1, 0.15) is 17.5 Å². The molecule has 0 spiro atoms. The number of H-pyrrole nitrogens is 1. The molecule has 1 aliphatic heterocycles.